The van der Waals surface area contributed by atoms with Gasteiger partial charge in [0.25, 0.3) is 11.3 Å². The van der Waals surface area contributed by atoms with Gasteiger partial charge in [0.05, 0.1) is 6.20 Å². The summed E-state index contributed by atoms with van der Waals surface area (Å²) in [5, 5.41) is 15.7. The predicted molar refractivity (Wildman–Crippen MR) is 114 cm³/mol. The van der Waals surface area contributed by atoms with Crippen molar-refractivity contribution in [1.29, 1.82) is 0 Å². The highest BCUT2D eigenvalue weighted by Crippen LogP contribution is 2.40. The molecular formula is C24H22F3N3O3. The number of hydrogen-bond acceptors (Lipinski definition) is 4. The summed E-state index contributed by atoms with van der Waals surface area (Å²) in [4.78, 5) is 26.9. The van der Waals surface area contributed by atoms with Crippen LogP contribution in [0.5, 0.6) is 5.75 Å². The van der Waals surface area contributed by atoms with Crippen LogP contribution in [-0.2, 0) is 0 Å². The van der Waals surface area contributed by atoms with E-state index in [4.69, 9.17) is 0 Å². The third kappa shape index (κ3) is 4.22. The molecule has 1 aliphatic rings. The van der Waals surface area contributed by atoms with Crippen LogP contribution in [-0.4, -0.2) is 38.7 Å². The van der Waals surface area contributed by atoms with E-state index in [0.29, 0.717) is 24.9 Å². The average Bonchev–Trinajstić information content (AvgIpc) is 3.29. The van der Waals surface area contributed by atoms with E-state index < -0.39 is 58.1 Å². The molecule has 2 N–H and O–H groups in total. The summed E-state index contributed by atoms with van der Waals surface area (Å²) in [7, 11) is 0. The number of hydrogen-bond donors (Lipinski definition) is 2. The fourth-order valence-electron chi connectivity index (χ4n) is 4.69. The zero-order valence-electron chi connectivity index (χ0n) is 17.8. The number of benzene rings is 2. The first-order chi connectivity index (χ1) is 15.8. The Hall–Kier alpha value is -3.62. The summed E-state index contributed by atoms with van der Waals surface area (Å²) in [6.45, 7) is 2.15. The molecule has 1 amide bonds. The molecule has 4 rings (SSSR count). The number of carbonyl (C=O) groups is 1. The van der Waals surface area contributed by atoms with Crippen molar-refractivity contribution in [3.8, 4) is 5.75 Å². The van der Waals surface area contributed by atoms with Crippen molar-refractivity contribution in [3.05, 3.63) is 93.2 Å². The van der Waals surface area contributed by atoms with E-state index in [2.05, 4.69) is 10.2 Å². The van der Waals surface area contributed by atoms with Crippen LogP contribution in [0.1, 0.15) is 47.3 Å². The van der Waals surface area contributed by atoms with E-state index in [1.807, 2.05) is 6.92 Å². The number of aromatic nitrogens is 2. The Bertz CT molecular complexity index is 1230. The lowest BCUT2D eigenvalue weighted by molar-refractivity contribution is 0.0676. The maximum Gasteiger partial charge on any atom is 0.278 e. The molecule has 172 valence electrons. The molecule has 0 radical (unpaired) electrons. The summed E-state index contributed by atoms with van der Waals surface area (Å²) in [5.74, 6) is -4.84. The van der Waals surface area contributed by atoms with Gasteiger partial charge in [-0.2, -0.15) is 5.10 Å². The molecule has 1 aliphatic heterocycles. The second-order valence-corrected chi connectivity index (χ2v) is 8.19. The van der Waals surface area contributed by atoms with Gasteiger partial charge in [-0.05, 0) is 48.1 Å². The molecule has 33 heavy (non-hydrogen) atoms. The molecule has 3 aromatic rings. The van der Waals surface area contributed by atoms with Gasteiger partial charge < -0.3 is 10.0 Å². The Labute approximate surface area is 187 Å². The minimum Gasteiger partial charge on any atom is -0.503 e. The summed E-state index contributed by atoms with van der Waals surface area (Å²) >= 11 is 0. The number of amides is 1. The van der Waals surface area contributed by atoms with Gasteiger partial charge in [0.2, 0.25) is 0 Å². The molecule has 0 spiro atoms. The SMILES string of the molecule is C[C@H]([C@H](c1ccc(F)cc1)c1cccc(F)c1F)[C@H]1CCCN1C(=O)c1n[nH]cc(O)c1=O. The standard InChI is InChI=1S/C24H22F3N3O3/c1-13(18-6-3-11-30(18)24(33)22-23(32)19(31)12-28-29-22)20(14-7-9-15(25)10-8-14)16-4-2-5-17(26)21(16)27/h2,4-5,7-10,12-13,18,20H,3,6,11H2,1H3,(H,28,32)(H,29,31)/t13-,18+,20+/m0/s1. The third-order valence-electron chi connectivity index (χ3n) is 6.27. The van der Waals surface area contributed by atoms with E-state index in [0.717, 1.165) is 12.3 Å². The summed E-state index contributed by atoms with van der Waals surface area (Å²) in [5.41, 5.74) is -0.657. The molecule has 1 fully saturated rings. The highest BCUT2D eigenvalue weighted by atomic mass is 19.2. The Kier molecular flexibility index (Phi) is 6.22. The summed E-state index contributed by atoms with van der Waals surface area (Å²) < 4.78 is 42.5. The van der Waals surface area contributed by atoms with Crippen LogP contribution in [0, 0.1) is 23.4 Å². The average molecular weight is 457 g/mol. The molecule has 2 aromatic carbocycles. The number of rotatable bonds is 5. The molecule has 1 aromatic heterocycles. The molecule has 0 unspecified atom stereocenters. The summed E-state index contributed by atoms with van der Waals surface area (Å²) in [6, 6.07) is 9.01. The largest absolute Gasteiger partial charge is 0.503 e. The Morgan fingerprint density at radius 3 is 2.64 bits per heavy atom. The number of nitrogens with zero attached hydrogens (tertiary/aromatic N) is 2. The van der Waals surface area contributed by atoms with E-state index in [1.54, 1.807) is 0 Å². The van der Waals surface area contributed by atoms with Gasteiger partial charge in [0.15, 0.2) is 23.1 Å². The van der Waals surface area contributed by atoms with Gasteiger partial charge >= 0.3 is 0 Å². The van der Waals surface area contributed by atoms with E-state index >= 15 is 0 Å². The van der Waals surface area contributed by atoms with Crippen LogP contribution in [0.15, 0.2) is 53.5 Å². The Balaban J connectivity index is 1.75. The number of H-pyrrole nitrogens is 1. The number of likely N-dealkylation sites (tertiary alicyclic amines) is 1. The van der Waals surface area contributed by atoms with E-state index in [-0.39, 0.29) is 5.56 Å². The smallest absolute Gasteiger partial charge is 0.278 e. The molecular weight excluding hydrogens is 435 g/mol. The number of halogens is 3. The maximum atomic E-state index is 14.9. The Morgan fingerprint density at radius 1 is 1.18 bits per heavy atom. The van der Waals surface area contributed by atoms with Crippen molar-refractivity contribution in [2.24, 2.45) is 5.92 Å². The fraction of sp³-hybridized carbons (Fsp3) is 0.292. The maximum absolute atomic E-state index is 14.9. The number of carbonyl (C=O) groups excluding carboxylic acids is 1. The second-order valence-electron chi connectivity index (χ2n) is 8.19. The molecule has 0 aliphatic carbocycles. The highest BCUT2D eigenvalue weighted by Gasteiger charge is 2.39. The van der Waals surface area contributed by atoms with E-state index in [9.17, 15) is 27.9 Å². The highest BCUT2D eigenvalue weighted by molar-refractivity contribution is 5.92. The van der Waals surface area contributed by atoms with Crippen LogP contribution < -0.4 is 5.43 Å². The Morgan fingerprint density at radius 2 is 1.91 bits per heavy atom. The third-order valence-corrected chi connectivity index (χ3v) is 6.27. The van der Waals surface area contributed by atoms with Gasteiger partial charge in [-0.1, -0.05) is 31.2 Å². The zero-order valence-corrected chi connectivity index (χ0v) is 17.8. The molecule has 3 atom stereocenters. The van der Waals surface area contributed by atoms with Gasteiger partial charge in [-0.3, -0.25) is 14.7 Å². The van der Waals surface area contributed by atoms with E-state index in [1.165, 1.54) is 41.3 Å². The van der Waals surface area contributed by atoms with Crippen molar-refractivity contribution < 1.29 is 23.1 Å². The van der Waals surface area contributed by atoms with Crippen LogP contribution in [0.2, 0.25) is 0 Å². The van der Waals surface area contributed by atoms with Gasteiger partial charge in [-0.15, -0.1) is 0 Å². The topological polar surface area (TPSA) is 86.3 Å². The monoisotopic (exact) mass is 457 g/mol. The lowest BCUT2D eigenvalue weighted by Gasteiger charge is -2.35. The predicted octanol–water partition coefficient (Wildman–Crippen LogP) is 3.97. The van der Waals surface area contributed by atoms with Crippen molar-refractivity contribution in [1.82, 2.24) is 15.1 Å². The normalized spacial score (nSPS) is 17.7. The van der Waals surface area contributed by atoms with Crippen molar-refractivity contribution in [2.75, 3.05) is 6.54 Å². The lowest BCUT2D eigenvalue weighted by Crippen LogP contribution is -2.43. The van der Waals surface area contributed by atoms with Crippen LogP contribution in [0.3, 0.4) is 0 Å². The molecule has 0 bridgehead atoms. The number of nitrogens with one attached hydrogen (secondary N) is 1. The minimum atomic E-state index is -0.999. The first-order valence-corrected chi connectivity index (χ1v) is 10.6. The van der Waals surface area contributed by atoms with Crippen LogP contribution in [0.4, 0.5) is 13.2 Å². The first kappa shape index (κ1) is 22.6. The van der Waals surface area contributed by atoms with Gasteiger partial charge in [0.1, 0.15) is 5.82 Å². The van der Waals surface area contributed by atoms with Crippen LogP contribution in [0.25, 0.3) is 0 Å². The van der Waals surface area contributed by atoms with Crippen molar-refractivity contribution >= 4 is 5.91 Å². The first-order valence-electron chi connectivity index (χ1n) is 10.6. The second kappa shape index (κ2) is 9.09. The van der Waals surface area contributed by atoms with Gasteiger partial charge in [-0.25, -0.2) is 13.2 Å². The van der Waals surface area contributed by atoms with Gasteiger partial charge in [0, 0.05) is 18.5 Å². The molecule has 0 saturated carbocycles. The molecule has 9 heteroatoms. The number of aromatic hydroxyl groups is 1. The molecule has 2 heterocycles. The van der Waals surface area contributed by atoms with Crippen molar-refractivity contribution in [2.45, 2.75) is 31.7 Å². The van der Waals surface area contributed by atoms with Crippen LogP contribution >= 0.6 is 0 Å². The number of aromatic amines is 1. The zero-order chi connectivity index (χ0) is 23.7. The fourth-order valence-corrected chi connectivity index (χ4v) is 4.69. The minimum absolute atomic E-state index is 0.0988. The lowest BCUT2D eigenvalue weighted by atomic mass is 9.77. The molecule has 1 saturated heterocycles. The quantitative estimate of drug-likeness (QED) is 0.607. The van der Waals surface area contributed by atoms with Crippen molar-refractivity contribution in [3.63, 3.8) is 0 Å². The summed E-state index contributed by atoms with van der Waals surface area (Å²) in [6.07, 6.45) is 2.19. The molecule has 6 nitrogen and oxygen atoms in total.